The van der Waals surface area contributed by atoms with E-state index in [1.807, 2.05) is 0 Å². The van der Waals surface area contributed by atoms with Gasteiger partial charge in [0.1, 0.15) is 0 Å². The van der Waals surface area contributed by atoms with Crippen LogP contribution in [0.3, 0.4) is 0 Å². The normalized spacial score (nSPS) is 19.0. The Morgan fingerprint density at radius 1 is 1.29 bits per heavy atom. The lowest BCUT2D eigenvalue weighted by molar-refractivity contribution is 0.0792. The minimum absolute atomic E-state index is 0.315. The summed E-state index contributed by atoms with van der Waals surface area (Å²) < 4.78 is 6.47. The standard InChI is InChI=1S/C12H15BrO/c1-14-9-12(7-2-8-12)10-3-5-11(13)6-4-10/h3-6H,2,7-9H2,1H3. The Morgan fingerprint density at radius 3 is 2.36 bits per heavy atom. The molecule has 1 saturated carbocycles. The number of rotatable bonds is 3. The Kier molecular flexibility index (Phi) is 2.93. The molecule has 2 rings (SSSR count). The highest BCUT2D eigenvalue weighted by Crippen LogP contribution is 2.43. The molecule has 0 bridgehead atoms. The molecule has 1 aromatic rings. The van der Waals surface area contributed by atoms with Crippen LogP contribution in [0, 0.1) is 0 Å². The van der Waals surface area contributed by atoms with Gasteiger partial charge in [-0.15, -0.1) is 0 Å². The maximum absolute atomic E-state index is 5.32. The fourth-order valence-electron chi connectivity index (χ4n) is 2.20. The van der Waals surface area contributed by atoms with Crippen molar-refractivity contribution >= 4 is 15.9 Å². The fraction of sp³-hybridized carbons (Fsp3) is 0.500. The van der Waals surface area contributed by atoms with Crippen molar-refractivity contribution in [1.29, 1.82) is 0 Å². The van der Waals surface area contributed by atoms with Crippen LogP contribution in [0.2, 0.25) is 0 Å². The number of benzene rings is 1. The third-order valence-corrected chi connectivity index (χ3v) is 3.72. The lowest BCUT2D eigenvalue weighted by Gasteiger charge is -2.41. The SMILES string of the molecule is COCC1(c2ccc(Br)cc2)CCC1. The van der Waals surface area contributed by atoms with Crippen LogP contribution in [-0.2, 0) is 10.2 Å². The summed E-state index contributed by atoms with van der Waals surface area (Å²) in [4.78, 5) is 0. The van der Waals surface area contributed by atoms with E-state index >= 15 is 0 Å². The molecule has 0 atom stereocenters. The van der Waals surface area contributed by atoms with E-state index in [4.69, 9.17) is 4.74 Å². The van der Waals surface area contributed by atoms with Gasteiger partial charge in [-0.2, -0.15) is 0 Å². The van der Waals surface area contributed by atoms with E-state index < -0.39 is 0 Å². The fourth-order valence-corrected chi connectivity index (χ4v) is 2.46. The van der Waals surface area contributed by atoms with Crippen molar-refractivity contribution in [2.75, 3.05) is 13.7 Å². The Labute approximate surface area is 93.6 Å². The molecule has 1 aromatic carbocycles. The number of hydrogen-bond donors (Lipinski definition) is 0. The first-order valence-electron chi connectivity index (χ1n) is 5.02. The summed E-state index contributed by atoms with van der Waals surface area (Å²) in [5.41, 5.74) is 1.74. The zero-order chi connectivity index (χ0) is 10.0. The summed E-state index contributed by atoms with van der Waals surface area (Å²) in [5, 5.41) is 0. The monoisotopic (exact) mass is 254 g/mol. The van der Waals surface area contributed by atoms with Crippen molar-refractivity contribution in [2.45, 2.75) is 24.7 Å². The predicted octanol–water partition coefficient (Wildman–Crippen LogP) is 3.52. The molecule has 76 valence electrons. The Bertz CT molecular complexity index is 301. The number of hydrogen-bond acceptors (Lipinski definition) is 1. The minimum Gasteiger partial charge on any atom is -0.384 e. The van der Waals surface area contributed by atoms with Gasteiger partial charge in [-0.05, 0) is 30.5 Å². The van der Waals surface area contributed by atoms with Crippen LogP contribution < -0.4 is 0 Å². The van der Waals surface area contributed by atoms with Gasteiger partial charge in [0.25, 0.3) is 0 Å². The second-order valence-corrected chi connectivity index (χ2v) is 4.99. The largest absolute Gasteiger partial charge is 0.384 e. The minimum atomic E-state index is 0.315. The molecule has 1 nitrogen and oxygen atoms in total. The van der Waals surface area contributed by atoms with Crippen LogP contribution in [0.15, 0.2) is 28.7 Å². The third kappa shape index (κ3) is 1.73. The second-order valence-electron chi connectivity index (χ2n) is 4.07. The van der Waals surface area contributed by atoms with E-state index in [2.05, 4.69) is 40.2 Å². The Morgan fingerprint density at radius 2 is 1.93 bits per heavy atom. The van der Waals surface area contributed by atoms with Crippen molar-refractivity contribution < 1.29 is 4.74 Å². The third-order valence-electron chi connectivity index (χ3n) is 3.19. The lowest BCUT2D eigenvalue weighted by Crippen LogP contribution is -2.38. The average Bonchev–Trinajstić information content (AvgIpc) is 2.13. The zero-order valence-electron chi connectivity index (χ0n) is 8.42. The molecule has 1 aliphatic rings. The quantitative estimate of drug-likeness (QED) is 0.803. The summed E-state index contributed by atoms with van der Waals surface area (Å²) in [5.74, 6) is 0. The van der Waals surface area contributed by atoms with E-state index in [9.17, 15) is 0 Å². The molecule has 14 heavy (non-hydrogen) atoms. The molecule has 0 saturated heterocycles. The number of ether oxygens (including phenoxy) is 1. The highest BCUT2D eigenvalue weighted by atomic mass is 79.9. The smallest absolute Gasteiger partial charge is 0.0559 e. The van der Waals surface area contributed by atoms with Gasteiger partial charge in [0.2, 0.25) is 0 Å². The van der Waals surface area contributed by atoms with E-state index in [1.165, 1.54) is 24.8 Å². The second kappa shape index (κ2) is 4.03. The maximum atomic E-state index is 5.32. The van der Waals surface area contributed by atoms with Gasteiger partial charge in [0.05, 0.1) is 6.61 Å². The molecular weight excluding hydrogens is 240 g/mol. The molecule has 0 aromatic heterocycles. The van der Waals surface area contributed by atoms with Crippen LogP contribution in [-0.4, -0.2) is 13.7 Å². The van der Waals surface area contributed by atoms with Crippen LogP contribution in [0.5, 0.6) is 0 Å². The first-order chi connectivity index (χ1) is 6.77. The van der Waals surface area contributed by atoms with Crippen molar-refractivity contribution in [1.82, 2.24) is 0 Å². The van der Waals surface area contributed by atoms with E-state index in [0.29, 0.717) is 5.41 Å². The van der Waals surface area contributed by atoms with Crippen LogP contribution in [0.25, 0.3) is 0 Å². The number of methoxy groups -OCH3 is 1. The summed E-state index contributed by atoms with van der Waals surface area (Å²) in [7, 11) is 1.79. The van der Waals surface area contributed by atoms with Crippen LogP contribution in [0.4, 0.5) is 0 Å². The number of halogens is 1. The first-order valence-corrected chi connectivity index (χ1v) is 5.81. The van der Waals surface area contributed by atoms with Gasteiger partial charge in [-0.1, -0.05) is 34.5 Å². The highest BCUT2D eigenvalue weighted by Gasteiger charge is 2.38. The Hall–Kier alpha value is -0.340. The average molecular weight is 255 g/mol. The van der Waals surface area contributed by atoms with Crippen molar-refractivity contribution in [3.05, 3.63) is 34.3 Å². The molecule has 1 aliphatic carbocycles. The van der Waals surface area contributed by atoms with Gasteiger partial charge >= 0.3 is 0 Å². The molecule has 0 aliphatic heterocycles. The summed E-state index contributed by atoms with van der Waals surface area (Å²) in [6.07, 6.45) is 3.87. The van der Waals surface area contributed by atoms with Crippen molar-refractivity contribution in [3.63, 3.8) is 0 Å². The predicted molar refractivity (Wildman–Crippen MR) is 61.5 cm³/mol. The lowest BCUT2D eigenvalue weighted by atomic mass is 9.65. The molecule has 0 N–H and O–H groups in total. The summed E-state index contributed by atoms with van der Waals surface area (Å²) in [6.45, 7) is 0.856. The summed E-state index contributed by atoms with van der Waals surface area (Å²) >= 11 is 3.46. The van der Waals surface area contributed by atoms with E-state index in [-0.39, 0.29) is 0 Å². The maximum Gasteiger partial charge on any atom is 0.0559 e. The van der Waals surface area contributed by atoms with Crippen LogP contribution >= 0.6 is 15.9 Å². The molecule has 0 amide bonds. The zero-order valence-corrected chi connectivity index (χ0v) is 10.0. The van der Waals surface area contributed by atoms with Crippen molar-refractivity contribution in [3.8, 4) is 0 Å². The van der Waals surface area contributed by atoms with Crippen molar-refractivity contribution in [2.24, 2.45) is 0 Å². The summed E-state index contributed by atoms with van der Waals surface area (Å²) in [6, 6.07) is 8.65. The molecule has 2 heteroatoms. The van der Waals surface area contributed by atoms with Gasteiger partial charge in [0.15, 0.2) is 0 Å². The molecule has 0 heterocycles. The molecule has 1 fully saturated rings. The molecule has 0 unspecified atom stereocenters. The molecule has 0 spiro atoms. The van der Waals surface area contributed by atoms with Gasteiger partial charge in [-0.3, -0.25) is 0 Å². The van der Waals surface area contributed by atoms with Crippen LogP contribution in [0.1, 0.15) is 24.8 Å². The topological polar surface area (TPSA) is 9.23 Å². The van der Waals surface area contributed by atoms with Gasteiger partial charge in [0, 0.05) is 17.0 Å². The molecular formula is C12H15BrO. The van der Waals surface area contributed by atoms with Gasteiger partial charge < -0.3 is 4.74 Å². The van der Waals surface area contributed by atoms with E-state index in [1.54, 1.807) is 7.11 Å². The van der Waals surface area contributed by atoms with E-state index in [0.717, 1.165) is 11.1 Å². The Balaban J connectivity index is 2.23. The molecule has 0 radical (unpaired) electrons. The first kappa shape index (κ1) is 10.2. The highest BCUT2D eigenvalue weighted by molar-refractivity contribution is 9.10. The van der Waals surface area contributed by atoms with Gasteiger partial charge in [-0.25, -0.2) is 0 Å².